The van der Waals surface area contributed by atoms with Crippen LogP contribution in [0.4, 0.5) is 19.0 Å². The molecule has 43 heavy (non-hydrogen) atoms. The third kappa shape index (κ3) is 6.37. The number of anilines is 1. The van der Waals surface area contributed by atoms with E-state index in [4.69, 9.17) is 0 Å². The van der Waals surface area contributed by atoms with Crippen molar-refractivity contribution in [3.05, 3.63) is 89.2 Å². The van der Waals surface area contributed by atoms with E-state index < -0.39 is 17.3 Å². The molecule has 2 aromatic carbocycles. The molecule has 1 saturated carbocycles. The van der Waals surface area contributed by atoms with Gasteiger partial charge in [-0.05, 0) is 68.5 Å². The molecule has 2 aliphatic rings. The predicted molar refractivity (Wildman–Crippen MR) is 157 cm³/mol. The van der Waals surface area contributed by atoms with Crippen molar-refractivity contribution in [3.8, 4) is 0 Å². The van der Waals surface area contributed by atoms with Gasteiger partial charge in [0.25, 0.3) is 0 Å². The quantitative estimate of drug-likeness (QED) is 0.271. The third-order valence-corrected chi connectivity index (χ3v) is 8.61. The predicted octanol–water partition coefficient (Wildman–Crippen LogP) is 4.85. The van der Waals surface area contributed by atoms with E-state index in [2.05, 4.69) is 25.6 Å². The highest BCUT2D eigenvalue weighted by Gasteiger charge is 2.41. The number of aromatic nitrogens is 3. The summed E-state index contributed by atoms with van der Waals surface area (Å²) in [6.07, 6.45) is -1.49. The molecule has 2 aromatic heterocycles. The van der Waals surface area contributed by atoms with Crippen LogP contribution >= 0.6 is 0 Å². The van der Waals surface area contributed by atoms with Gasteiger partial charge in [0.2, 0.25) is 5.91 Å². The Morgan fingerprint density at radius 3 is 2.49 bits per heavy atom. The lowest BCUT2D eigenvalue weighted by molar-refractivity contribution is -0.137. The van der Waals surface area contributed by atoms with Gasteiger partial charge in [-0.25, -0.2) is 0 Å². The zero-order chi connectivity index (χ0) is 30.2. The molecule has 1 amide bonds. The molecule has 0 bridgehead atoms. The third-order valence-electron chi connectivity index (χ3n) is 8.61. The summed E-state index contributed by atoms with van der Waals surface area (Å²) in [4.78, 5) is 19.7. The zero-order valence-electron chi connectivity index (χ0n) is 23.9. The average molecular weight is 593 g/mol. The number of halogens is 3. The molecule has 3 N–H and O–H groups in total. The summed E-state index contributed by atoms with van der Waals surface area (Å²) in [6.45, 7) is 3.65. The summed E-state index contributed by atoms with van der Waals surface area (Å²) >= 11 is 0. The van der Waals surface area contributed by atoms with E-state index in [1.54, 1.807) is 4.68 Å². The number of fused-ring (bicyclic) bond motifs is 1. The molecule has 1 saturated heterocycles. The number of rotatable bonds is 8. The summed E-state index contributed by atoms with van der Waals surface area (Å²) in [5, 5.41) is 22.0. The molecular formula is C32H35F3N6O2. The minimum atomic E-state index is -4.49. The van der Waals surface area contributed by atoms with Crippen LogP contribution in [0.25, 0.3) is 10.9 Å². The van der Waals surface area contributed by atoms with Crippen molar-refractivity contribution in [2.24, 2.45) is 0 Å². The molecule has 6 rings (SSSR count). The molecule has 3 heterocycles. The Balaban J connectivity index is 1.04. The molecule has 8 nitrogen and oxygen atoms in total. The van der Waals surface area contributed by atoms with Crippen LogP contribution in [0.1, 0.15) is 48.2 Å². The highest BCUT2D eigenvalue weighted by atomic mass is 19.4. The first-order chi connectivity index (χ1) is 20.6. The lowest BCUT2D eigenvalue weighted by Gasteiger charge is -2.48. The van der Waals surface area contributed by atoms with E-state index in [0.717, 1.165) is 55.0 Å². The van der Waals surface area contributed by atoms with E-state index in [-0.39, 0.29) is 24.3 Å². The lowest BCUT2D eigenvalue weighted by Crippen LogP contribution is -2.63. The van der Waals surface area contributed by atoms with Crippen LogP contribution in [-0.4, -0.2) is 62.4 Å². The normalized spacial score (nSPS) is 21.5. The Bertz CT molecular complexity index is 1590. The maximum absolute atomic E-state index is 13.5. The Labute approximate surface area is 247 Å². The number of aliphatic hydroxyl groups is 1. The lowest BCUT2D eigenvalue weighted by atomic mass is 9.78. The molecule has 11 heteroatoms. The standard InChI is InChI=1S/C32H35F3N6O2/c1-21-6-5-9-28(37-21)31(43)14-12-25(13-15-31)40-19-24(20-40)38-29(42)17-36-30-26-16-23(32(33,34)35)10-11-27(26)41(39-30)18-22-7-3-2-4-8-22/h2-11,16,24-25,43H,12-15,17-20H2,1H3,(H,36,39)(H,38,42). The van der Waals surface area contributed by atoms with Crippen molar-refractivity contribution < 1.29 is 23.1 Å². The minimum absolute atomic E-state index is 0.00207. The second kappa shape index (κ2) is 11.6. The first-order valence-electron chi connectivity index (χ1n) is 14.6. The fourth-order valence-electron chi connectivity index (χ4n) is 6.21. The largest absolute Gasteiger partial charge is 0.416 e. The minimum Gasteiger partial charge on any atom is -0.384 e. The topological polar surface area (TPSA) is 95.3 Å². The Kier molecular flexibility index (Phi) is 7.87. The summed E-state index contributed by atoms with van der Waals surface area (Å²) in [5.74, 6) is -0.00821. The first kappa shape index (κ1) is 29.1. The Morgan fingerprint density at radius 2 is 1.79 bits per heavy atom. The molecular weight excluding hydrogens is 557 g/mol. The average Bonchev–Trinajstić information content (AvgIpc) is 3.31. The molecule has 1 aliphatic carbocycles. The van der Waals surface area contributed by atoms with Crippen molar-refractivity contribution in [1.82, 2.24) is 25.0 Å². The van der Waals surface area contributed by atoms with E-state index in [1.165, 1.54) is 6.07 Å². The zero-order valence-corrected chi connectivity index (χ0v) is 23.9. The molecule has 2 fully saturated rings. The van der Waals surface area contributed by atoms with Crippen LogP contribution in [-0.2, 0) is 23.1 Å². The Hall–Kier alpha value is -3.96. The molecule has 4 aromatic rings. The number of nitrogens with zero attached hydrogens (tertiary/aromatic N) is 4. The van der Waals surface area contributed by atoms with E-state index >= 15 is 0 Å². The molecule has 0 unspecified atom stereocenters. The van der Waals surface area contributed by atoms with Gasteiger partial charge in [-0.1, -0.05) is 36.4 Å². The second-order valence-corrected chi connectivity index (χ2v) is 11.7. The van der Waals surface area contributed by atoms with Crippen LogP contribution in [0.3, 0.4) is 0 Å². The van der Waals surface area contributed by atoms with E-state index in [9.17, 15) is 23.1 Å². The highest BCUT2D eigenvalue weighted by Crippen LogP contribution is 2.39. The van der Waals surface area contributed by atoms with Crippen LogP contribution in [0, 0.1) is 6.92 Å². The summed E-state index contributed by atoms with van der Waals surface area (Å²) in [7, 11) is 0. The number of hydrogen-bond acceptors (Lipinski definition) is 6. The smallest absolute Gasteiger partial charge is 0.384 e. The number of alkyl halides is 3. The number of nitrogens with one attached hydrogen (secondary N) is 2. The number of amides is 1. The summed E-state index contributed by atoms with van der Waals surface area (Å²) in [5.41, 5.74) is 1.47. The number of benzene rings is 2. The van der Waals surface area contributed by atoms with Crippen LogP contribution in [0.2, 0.25) is 0 Å². The number of pyridine rings is 1. The maximum atomic E-state index is 13.5. The van der Waals surface area contributed by atoms with Gasteiger partial charge in [-0.3, -0.25) is 19.4 Å². The van der Waals surface area contributed by atoms with Gasteiger partial charge in [0.05, 0.1) is 35.9 Å². The van der Waals surface area contributed by atoms with Crippen LogP contribution in [0.5, 0.6) is 0 Å². The SMILES string of the molecule is Cc1cccc(C2(O)CCC(N3CC(NC(=O)CNc4nn(Cc5ccccc5)c5ccc(C(F)(F)F)cc45)C3)CC2)n1. The molecule has 0 atom stereocenters. The van der Waals surface area contributed by atoms with Crippen molar-refractivity contribution in [2.45, 2.75) is 63.0 Å². The summed E-state index contributed by atoms with van der Waals surface area (Å²) in [6, 6.07) is 19.2. The number of likely N-dealkylation sites (tertiary alicyclic amines) is 1. The van der Waals surface area contributed by atoms with Gasteiger partial charge in [-0.2, -0.15) is 18.3 Å². The van der Waals surface area contributed by atoms with Crippen molar-refractivity contribution in [1.29, 1.82) is 0 Å². The van der Waals surface area contributed by atoms with Gasteiger partial charge in [0.15, 0.2) is 5.82 Å². The van der Waals surface area contributed by atoms with Crippen molar-refractivity contribution >= 4 is 22.6 Å². The monoisotopic (exact) mass is 592 g/mol. The maximum Gasteiger partial charge on any atom is 0.416 e. The molecule has 0 radical (unpaired) electrons. The number of aryl methyl sites for hydroxylation is 1. The fraction of sp³-hybridized carbons (Fsp3) is 0.406. The van der Waals surface area contributed by atoms with Gasteiger partial charge >= 0.3 is 6.18 Å². The van der Waals surface area contributed by atoms with Gasteiger partial charge in [0, 0.05) is 30.2 Å². The number of carbonyl (C=O) groups excluding carboxylic acids is 1. The first-order valence-corrected chi connectivity index (χ1v) is 14.6. The highest BCUT2D eigenvalue weighted by molar-refractivity contribution is 5.92. The summed E-state index contributed by atoms with van der Waals surface area (Å²) < 4.78 is 42.1. The van der Waals surface area contributed by atoms with Crippen molar-refractivity contribution in [2.75, 3.05) is 25.0 Å². The number of carbonyl (C=O) groups is 1. The van der Waals surface area contributed by atoms with E-state index in [0.29, 0.717) is 36.3 Å². The molecule has 1 aliphatic heterocycles. The van der Waals surface area contributed by atoms with Crippen molar-refractivity contribution in [3.63, 3.8) is 0 Å². The number of hydrogen-bond donors (Lipinski definition) is 3. The van der Waals surface area contributed by atoms with Gasteiger partial charge in [-0.15, -0.1) is 0 Å². The van der Waals surface area contributed by atoms with Gasteiger partial charge in [0.1, 0.15) is 5.60 Å². The van der Waals surface area contributed by atoms with Crippen LogP contribution < -0.4 is 10.6 Å². The second-order valence-electron chi connectivity index (χ2n) is 11.7. The van der Waals surface area contributed by atoms with Gasteiger partial charge < -0.3 is 15.7 Å². The van der Waals surface area contributed by atoms with Crippen LogP contribution in [0.15, 0.2) is 66.7 Å². The Morgan fingerprint density at radius 1 is 1.05 bits per heavy atom. The van der Waals surface area contributed by atoms with E-state index in [1.807, 2.05) is 55.5 Å². The molecule has 226 valence electrons. The molecule has 0 spiro atoms. The fourth-order valence-corrected chi connectivity index (χ4v) is 6.21.